The lowest BCUT2D eigenvalue weighted by atomic mass is 10.2. The summed E-state index contributed by atoms with van der Waals surface area (Å²) in [5, 5.41) is 0. The molecule has 0 N–H and O–H groups in total. The van der Waals surface area contributed by atoms with Crippen LogP contribution in [0.4, 0.5) is 0 Å². The highest BCUT2D eigenvalue weighted by Crippen LogP contribution is 2.37. The van der Waals surface area contributed by atoms with Crippen LogP contribution < -0.4 is 0 Å². The Hall–Kier alpha value is -1.06. The number of benzene rings is 2. The van der Waals surface area contributed by atoms with Crippen molar-refractivity contribution in [1.82, 2.24) is 0 Å². The molecule has 2 rings (SSSR count). The monoisotopic (exact) mass is 276 g/mol. The largest absolute Gasteiger partial charge is 0.258 e. The topological polar surface area (TPSA) is 17.1 Å². The second-order valence-electron chi connectivity index (χ2n) is 4.17. The van der Waals surface area contributed by atoms with Crippen molar-refractivity contribution in [3.8, 4) is 0 Å². The molecule has 0 bridgehead atoms. The molecule has 0 saturated carbocycles. The Kier molecular flexibility index (Phi) is 4.61. The Morgan fingerprint density at radius 1 is 1.00 bits per heavy atom. The maximum Gasteiger partial charge on any atom is 0.109 e. The van der Waals surface area contributed by atoms with E-state index in [1.165, 1.54) is 5.56 Å². The second kappa shape index (κ2) is 6.21. The van der Waals surface area contributed by atoms with Gasteiger partial charge in [-0.2, -0.15) is 0 Å². The van der Waals surface area contributed by atoms with Crippen LogP contribution in [0, 0.1) is 6.92 Å². The van der Waals surface area contributed by atoms with Gasteiger partial charge in [0.15, 0.2) is 0 Å². The summed E-state index contributed by atoms with van der Waals surface area (Å²) < 4.78 is 11.9. The Balaban J connectivity index is 2.24. The molecule has 2 aromatic carbocycles. The van der Waals surface area contributed by atoms with E-state index in [0.29, 0.717) is 0 Å². The minimum Gasteiger partial charge on any atom is -0.258 e. The minimum atomic E-state index is -0.898. The molecular weight excluding hydrogens is 260 g/mol. The summed E-state index contributed by atoms with van der Waals surface area (Å²) in [5.41, 5.74) is 2.35. The molecule has 18 heavy (non-hydrogen) atoms. The van der Waals surface area contributed by atoms with Crippen LogP contribution >= 0.6 is 11.8 Å². The molecule has 0 aromatic heterocycles. The third-order valence-corrected chi connectivity index (χ3v) is 5.64. The lowest BCUT2D eigenvalue weighted by molar-refractivity contribution is 0.685. The van der Waals surface area contributed by atoms with Gasteiger partial charge in [0.2, 0.25) is 0 Å². The van der Waals surface area contributed by atoms with Crippen molar-refractivity contribution < 1.29 is 4.21 Å². The second-order valence-corrected chi connectivity index (χ2v) is 7.12. The van der Waals surface area contributed by atoms with E-state index in [1.807, 2.05) is 18.2 Å². The number of thioether (sulfide) groups is 1. The lowest BCUT2D eigenvalue weighted by Crippen LogP contribution is -2.00. The quantitative estimate of drug-likeness (QED) is 0.780. The summed E-state index contributed by atoms with van der Waals surface area (Å²) in [6.07, 6.45) is 1.76. The molecule has 2 atom stereocenters. The van der Waals surface area contributed by atoms with E-state index >= 15 is 0 Å². The van der Waals surface area contributed by atoms with Crippen molar-refractivity contribution in [2.45, 2.75) is 16.4 Å². The first-order valence-electron chi connectivity index (χ1n) is 5.77. The molecule has 0 fully saturated rings. The van der Waals surface area contributed by atoms with Gasteiger partial charge in [-0.25, -0.2) is 0 Å². The van der Waals surface area contributed by atoms with Crippen LogP contribution in [0.3, 0.4) is 0 Å². The number of hydrogen-bond donors (Lipinski definition) is 0. The van der Waals surface area contributed by atoms with E-state index in [4.69, 9.17) is 0 Å². The fourth-order valence-electron chi connectivity index (χ4n) is 1.67. The number of rotatable bonds is 4. The zero-order valence-corrected chi connectivity index (χ0v) is 12.1. The molecule has 1 nitrogen and oxygen atoms in total. The predicted molar refractivity (Wildman–Crippen MR) is 80.3 cm³/mol. The summed E-state index contributed by atoms with van der Waals surface area (Å²) in [6, 6.07) is 18.4. The van der Waals surface area contributed by atoms with Crippen LogP contribution in [0.25, 0.3) is 0 Å². The van der Waals surface area contributed by atoms with Gasteiger partial charge in [0.1, 0.15) is 4.58 Å². The molecular formula is C15H16OS2. The first kappa shape index (κ1) is 13.4. The Bertz CT molecular complexity index is 520. The van der Waals surface area contributed by atoms with Gasteiger partial charge in [-0.05, 0) is 24.6 Å². The SMILES string of the molecule is Cc1ccc(C(Sc2ccccc2)S(C)=O)cc1. The Labute approximate surface area is 115 Å². The van der Waals surface area contributed by atoms with Crippen molar-refractivity contribution in [2.24, 2.45) is 0 Å². The van der Waals surface area contributed by atoms with Gasteiger partial charge in [-0.15, -0.1) is 11.8 Å². The normalized spacial score (nSPS) is 14.1. The van der Waals surface area contributed by atoms with E-state index in [2.05, 4.69) is 43.3 Å². The molecule has 3 heteroatoms. The van der Waals surface area contributed by atoms with Gasteiger partial charge in [0.05, 0.1) is 0 Å². The molecule has 2 aromatic rings. The standard InChI is InChI=1S/C15H16OS2/c1-12-8-10-13(11-9-12)15(18(2)16)17-14-6-4-3-5-7-14/h3-11,15H,1-2H3. The van der Waals surface area contributed by atoms with Crippen LogP contribution in [-0.2, 0) is 10.8 Å². The van der Waals surface area contributed by atoms with E-state index in [1.54, 1.807) is 18.0 Å². The molecule has 0 radical (unpaired) electrons. The van der Waals surface area contributed by atoms with E-state index in [0.717, 1.165) is 10.5 Å². The highest BCUT2D eigenvalue weighted by atomic mass is 32.2. The van der Waals surface area contributed by atoms with Crippen molar-refractivity contribution in [3.05, 3.63) is 65.7 Å². The van der Waals surface area contributed by atoms with Gasteiger partial charge in [0.25, 0.3) is 0 Å². The minimum absolute atomic E-state index is 0.00648. The molecule has 0 aliphatic heterocycles. The molecule has 94 valence electrons. The lowest BCUT2D eigenvalue weighted by Gasteiger charge is -2.14. The number of aryl methyl sites for hydroxylation is 1. The van der Waals surface area contributed by atoms with Crippen LogP contribution in [0.5, 0.6) is 0 Å². The molecule has 0 amide bonds. The first-order valence-corrected chi connectivity index (χ1v) is 8.27. The first-order chi connectivity index (χ1) is 8.66. The van der Waals surface area contributed by atoms with Gasteiger partial charge in [0, 0.05) is 22.0 Å². The van der Waals surface area contributed by atoms with Crippen molar-refractivity contribution >= 4 is 22.6 Å². The zero-order valence-electron chi connectivity index (χ0n) is 10.5. The summed E-state index contributed by atoms with van der Waals surface area (Å²) in [7, 11) is -0.898. The van der Waals surface area contributed by atoms with E-state index in [-0.39, 0.29) is 4.58 Å². The average Bonchev–Trinajstić information content (AvgIpc) is 2.38. The van der Waals surface area contributed by atoms with E-state index in [9.17, 15) is 4.21 Å². The fraction of sp³-hybridized carbons (Fsp3) is 0.200. The Morgan fingerprint density at radius 3 is 2.17 bits per heavy atom. The average molecular weight is 276 g/mol. The third-order valence-electron chi connectivity index (χ3n) is 2.64. The van der Waals surface area contributed by atoms with Crippen molar-refractivity contribution in [1.29, 1.82) is 0 Å². The van der Waals surface area contributed by atoms with Crippen molar-refractivity contribution in [3.63, 3.8) is 0 Å². The summed E-state index contributed by atoms with van der Waals surface area (Å²) >= 11 is 1.66. The van der Waals surface area contributed by atoms with Crippen LogP contribution in [0.15, 0.2) is 59.5 Å². The van der Waals surface area contributed by atoms with Gasteiger partial charge >= 0.3 is 0 Å². The van der Waals surface area contributed by atoms with E-state index < -0.39 is 10.8 Å². The highest BCUT2D eigenvalue weighted by molar-refractivity contribution is 8.10. The predicted octanol–water partition coefficient (Wildman–Crippen LogP) is 4.16. The highest BCUT2D eigenvalue weighted by Gasteiger charge is 2.16. The zero-order chi connectivity index (χ0) is 13.0. The number of hydrogen-bond acceptors (Lipinski definition) is 2. The molecule has 0 heterocycles. The molecule has 0 aliphatic carbocycles. The van der Waals surface area contributed by atoms with Gasteiger partial charge < -0.3 is 0 Å². The smallest absolute Gasteiger partial charge is 0.109 e. The molecule has 0 spiro atoms. The van der Waals surface area contributed by atoms with Gasteiger partial charge in [-0.3, -0.25) is 4.21 Å². The summed E-state index contributed by atoms with van der Waals surface area (Å²) in [6.45, 7) is 2.06. The summed E-state index contributed by atoms with van der Waals surface area (Å²) in [5.74, 6) is 0. The van der Waals surface area contributed by atoms with Gasteiger partial charge in [-0.1, -0.05) is 48.0 Å². The summed E-state index contributed by atoms with van der Waals surface area (Å²) in [4.78, 5) is 1.15. The molecule has 2 unspecified atom stereocenters. The van der Waals surface area contributed by atoms with Crippen LogP contribution in [0.2, 0.25) is 0 Å². The fourth-order valence-corrected chi connectivity index (χ4v) is 3.94. The third kappa shape index (κ3) is 3.47. The van der Waals surface area contributed by atoms with Crippen molar-refractivity contribution in [2.75, 3.05) is 6.26 Å². The molecule has 0 saturated heterocycles. The maximum atomic E-state index is 11.9. The maximum absolute atomic E-state index is 11.9. The van der Waals surface area contributed by atoms with Crippen LogP contribution in [-0.4, -0.2) is 10.5 Å². The Morgan fingerprint density at radius 2 is 1.61 bits per heavy atom. The van der Waals surface area contributed by atoms with Crippen LogP contribution in [0.1, 0.15) is 15.7 Å². The molecule has 0 aliphatic rings.